The predicted octanol–water partition coefficient (Wildman–Crippen LogP) is 1.94. The van der Waals surface area contributed by atoms with Crippen LogP contribution < -0.4 is 0 Å². The molecule has 17 heavy (non-hydrogen) atoms. The van der Waals surface area contributed by atoms with Crippen molar-refractivity contribution in [2.45, 2.75) is 20.0 Å². The van der Waals surface area contributed by atoms with Crippen molar-refractivity contribution in [3.05, 3.63) is 40.9 Å². The highest BCUT2D eigenvalue weighted by molar-refractivity contribution is 6.40. The Hall–Kier alpha value is -2.07. The van der Waals surface area contributed by atoms with Crippen LogP contribution in [0.3, 0.4) is 0 Å². The van der Waals surface area contributed by atoms with Crippen molar-refractivity contribution in [3.8, 4) is 0 Å². The number of rotatable bonds is 3. The predicted molar refractivity (Wildman–Crippen MR) is 55.3 cm³/mol. The van der Waals surface area contributed by atoms with E-state index in [0.29, 0.717) is 0 Å². The van der Waals surface area contributed by atoms with Gasteiger partial charge < -0.3 is 10.3 Å². The molecular formula is C11H10F2N2O2. The number of halogens is 2. The van der Waals surface area contributed by atoms with Gasteiger partial charge in [0, 0.05) is 0 Å². The molecule has 0 bridgehead atoms. The van der Waals surface area contributed by atoms with Crippen LogP contribution in [0.2, 0.25) is 0 Å². The zero-order chi connectivity index (χ0) is 13.0. The van der Waals surface area contributed by atoms with Crippen molar-refractivity contribution in [1.29, 1.82) is 0 Å². The molecule has 0 aromatic heterocycles. The second-order valence-corrected chi connectivity index (χ2v) is 3.53. The molecule has 0 aliphatic rings. The second-order valence-electron chi connectivity index (χ2n) is 3.53. The van der Waals surface area contributed by atoms with Gasteiger partial charge in [0.2, 0.25) is 0 Å². The van der Waals surface area contributed by atoms with Crippen LogP contribution in [0.5, 0.6) is 0 Å². The highest BCUT2D eigenvalue weighted by Crippen LogP contribution is 2.11. The quantitative estimate of drug-likeness (QED) is 0.351. The minimum absolute atomic E-state index is 0.446. The first kappa shape index (κ1) is 13.0. The molecule has 1 rings (SSSR count). The average Bonchev–Trinajstić information content (AvgIpc) is 2.23. The number of benzene rings is 1. The normalized spacial score (nSPS) is 9.94. The van der Waals surface area contributed by atoms with Gasteiger partial charge in [0.1, 0.15) is 17.2 Å². The van der Waals surface area contributed by atoms with E-state index in [1.807, 2.05) is 0 Å². The van der Waals surface area contributed by atoms with Crippen molar-refractivity contribution >= 4 is 11.7 Å². The second kappa shape index (κ2) is 5.32. The first-order chi connectivity index (χ1) is 7.95. The van der Waals surface area contributed by atoms with Gasteiger partial charge in [0.05, 0.1) is 6.10 Å². The summed E-state index contributed by atoms with van der Waals surface area (Å²) in [5, 5.41) is 0. The van der Waals surface area contributed by atoms with Crippen molar-refractivity contribution in [3.63, 3.8) is 0 Å². The molecule has 0 spiro atoms. The molecule has 0 aliphatic heterocycles. The summed E-state index contributed by atoms with van der Waals surface area (Å²) in [6.45, 7) is 3.16. The Morgan fingerprint density at radius 3 is 2.59 bits per heavy atom. The number of esters is 1. The van der Waals surface area contributed by atoms with Gasteiger partial charge in [-0.1, -0.05) is 0 Å². The number of ether oxygens (including phenoxy) is 1. The lowest BCUT2D eigenvalue weighted by Gasteiger charge is -2.05. The summed E-state index contributed by atoms with van der Waals surface area (Å²) < 4.78 is 31.0. The Labute approximate surface area is 96.4 Å². The van der Waals surface area contributed by atoms with Crippen molar-refractivity contribution in [2.24, 2.45) is 0 Å². The van der Waals surface area contributed by atoms with Crippen molar-refractivity contribution < 1.29 is 23.1 Å². The molecule has 1 aromatic rings. The van der Waals surface area contributed by atoms with Gasteiger partial charge in [-0.2, -0.15) is 4.79 Å². The van der Waals surface area contributed by atoms with Crippen LogP contribution in [0, 0.1) is 11.6 Å². The van der Waals surface area contributed by atoms with Crippen LogP contribution in [0.1, 0.15) is 19.4 Å². The van der Waals surface area contributed by atoms with Crippen LogP contribution in [0.15, 0.2) is 18.2 Å². The summed E-state index contributed by atoms with van der Waals surface area (Å²) in [6, 6.07) is 2.48. The minimum atomic E-state index is -1.02. The van der Waals surface area contributed by atoms with E-state index in [4.69, 9.17) is 10.3 Å². The SMILES string of the molecule is CC(C)OC(=O)C(=[N+]=[N-])c1cc(F)ccc1F. The Balaban J connectivity index is 3.15. The van der Waals surface area contributed by atoms with E-state index in [1.165, 1.54) is 0 Å². The van der Waals surface area contributed by atoms with E-state index in [1.54, 1.807) is 13.8 Å². The van der Waals surface area contributed by atoms with Crippen LogP contribution in [0.4, 0.5) is 8.78 Å². The van der Waals surface area contributed by atoms with E-state index in [0.717, 1.165) is 18.2 Å². The number of hydrogen-bond acceptors (Lipinski definition) is 2. The fourth-order valence-corrected chi connectivity index (χ4v) is 1.15. The monoisotopic (exact) mass is 240 g/mol. The molecule has 0 heterocycles. The summed E-state index contributed by atoms with van der Waals surface area (Å²) in [5.41, 5.74) is 7.56. The third-order valence-electron chi connectivity index (χ3n) is 1.82. The summed E-state index contributed by atoms with van der Waals surface area (Å²) in [7, 11) is 0. The van der Waals surface area contributed by atoms with Crippen LogP contribution in [0.25, 0.3) is 5.53 Å². The molecule has 0 unspecified atom stereocenters. The lowest BCUT2D eigenvalue weighted by molar-refractivity contribution is -0.143. The number of carbonyl (C=O) groups is 1. The minimum Gasteiger partial charge on any atom is -0.454 e. The number of carbonyl (C=O) groups excluding carboxylic acids is 1. The Kier molecular flexibility index (Phi) is 4.06. The number of nitrogens with zero attached hydrogens (tertiary/aromatic N) is 2. The zero-order valence-corrected chi connectivity index (χ0v) is 9.28. The standard InChI is InChI=1S/C11H10F2N2O2/c1-6(2)17-11(16)10(15-14)8-5-7(12)3-4-9(8)13/h3-6H,1-2H3. The van der Waals surface area contributed by atoms with Crippen LogP contribution in [-0.4, -0.2) is 22.6 Å². The highest BCUT2D eigenvalue weighted by Gasteiger charge is 2.29. The van der Waals surface area contributed by atoms with E-state index < -0.39 is 35.0 Å². The van der Waals surface area contributed by atoms with Gasteiger partial charge >= 0.3 is 11.7 Å². The third-order valence-corrected chi connectivity index (χ3v) is 1.82. The summed E-state index contributed by atoms with van der Waals surface area (Å²) in [4.78, 5) is 14.1. The van der Waals surface area contributed by atoms with Crippen LogP contribution in [-0.2, 0) is 9.53 Å². The smallest absolute Gasteiger partial charge is 0.422 e. The molecule has 4 nitrogen and oxygen atoms in total. The lowest BCUT2D eigenvalue weighted by atomic mass is 10.1. The molecule has 1 aromatic carbocycles. The maximum Gasteiger partial charge on any atom is 0.422 e. The van der Waals surface area contributed by atoms with Gasteiger partial charge in [-0.15, -0.1) is 0 Å². The molecule has 0 saturated heterocycles. The zero-order valence-electron chi connectivity index (χ0n) is 9.28. The fourth-order valence-electron chi connectivity index (χ4n) is 1.15. The highest BCUT2D eigenvalue weighted by atomic mass is 19.1. The molecule has 0 aliphatic carbocycles. The van der Waals surface area contributed by atoms with Crippen molar-refractivity contribution in [2.75, 3.05) is 0 Å². The Morgan fingerprint density at radius 1 is 1.41 bits per heavy atom. The molecule has 0 N–H and O–H groups in total. The molecule has 0 amide bonds. The summed E-state index contributed by atoms with van der Waals surface area (Å²) in [6.07, 6.45) is -0.462. The Morgan fingerprint density at radius 2 is 2.06 bits per heavy atom. The molecule has 90 valence electrons. The Bertz CT molecular complexity index is 494. The van der Waals surface area contributed by atoms with Gasteiger partial charge in [-0.05, 0) is 32.0 Å². The van der Waals surface area contributed by atoms with E-state index in [2.05, 4.69) is 4.79 Å². The van der Waals surface area contributed by atoms with Gasteiger partial charge in [0.15, 0.2) is 0 Å². The number of hydrogen-bond donors (Lipinski definition) is 0. The maximum absolute atomic E-state index is 13.3. The average molecular weight is 240 g/mol. The molecule has 0 saturated carbocycles. The molecule has 0 atom stereocenters. The fraction of sp³-hybridized carbons (Fsp3) is 0.273. The van der Waals surface area contributed by atoms with Gasteiger partial charge in [0.25, 0.3) is 0 Å². The van der Waals surface area contributed by atoms with E-state index in [-0.39, 0.29) is 0 Å². The molecule has 6 heteroatoms. The molecular weight excluding hydrogens is 230 g/mol. The van der Waals surface area contributed by atoms with E-state index in [9.17, 15) is 13.6 Å². The van der Waals surface area contributed by atoms with Gasteiger partial charge in [-0.3, -0.25) is 0 Å². The first-order valence-corrected chi connectivity index (χ1v) is 4.84. The largest absolute Gasteiger partial charge is 0.454 e. The lowest BCUT2D eigenvalue weighted by Crippen LogP contribution is -2.24. The summed E-state index contributed by atoms with van der Waals surface area (Å²) in [5.74, 6) is -2.65. The topological polar surface area (TPSA) is 62.7 Å². The third kappa shape index (κ3) is 3.19. The van der Waals surface area contributed by atoms with Crippen LogP contribution >= 0.6 is 0 Å². The molecule has 0 fully saturated rings. The maximum atomic E-state index is 13.3. The molecule has 0 radical (unpaired) electrons. The van der Waals surface area contributed by atoms with Gasteiger partial charge in [-0.25, -0.2) is 13.6 Å². The summed E-state index contributed by atoms with van der Waals surface area (Å²) >= 11 is 0. The van der Waals surface area contributed by atoms with Crippen molar-refractivity contribution in [1.82, 2.24) is 0 Å². The van der Waals surface area contributed by atoms with E-state index >= 15 is 0 Å². The first-order valence-electron chi connectivity index (χ1n) is 4.84.